The minimum Gasteiger partial charge on any atom is -0.463 e. The van der Waals surface area contributed by atoms with Crippen molar-refractivity contribution >= 4 is 11.8 Å². The van der Waals surface area contributed by atoms with Crippen molar-refractivity contribution in [2.75, 3.05) is 7.11 Å². The van der Waals surface area contributed by atoms with Crippen molar-refractivity contribution < 1.29 is 18.7 Å². The van der Waals surface area contributed by atoms with Gasteiger partial charge in [-0.05, 0) is 18.6 Å². The topological polar surface area (TPSA) is 56.5 Å². The molecule has 0 amide bonds. The van der Waals surface area contributed by atoms with Crippen molar-refractivity contribution in [2.45, 2.75) is 51.9 Å². The summed E-state index contributed by atoms with van der Waals surface area (Å²) >= 11 is 0. The summed E-state index contributed by atoms with van der Waals surface area (Å²) in [7, 11) is 1.28. The van der Waals surface area contributed by atoms with Crippen molar-refractivity contribution in [3.8, 4) is 0 Å². The van der Waals surface area contributed by atoms with Gasteiger partial charge in [-0.1, -0.05) is 39.0 Å². The van der Waals surface area contributed by atoms with Crippen LogP contribution in [0.1, 0.15) is 73.0 Å². The van der Waals surface area contributed by atoms with Gasteiger partial charge < -0.3 is 9.15 Å². The predicted octanol–water partition coefficient (Wildman–Crippen LogP) is 4.00. The van der Waals surface area contributed by atoms with Crippen molar-refractivity contribution in [3.63, 3.8) is 0 Å². The van der Waals surface area contributed by atoms with E-state index >= 15 is 0 Å². The standard InChI is InChI=1S/C15H22O4/c1-3-4-5-6-7-8-9-12(16)13-10-11-14(19-13)15(17)18-2/h10-11H,3-9H2,1-2H3. The number of Topliss-reactive ketones (excluding diaryl/α,β-unsaturated/α-hetero) is 1. The Balaban J connectivity index is 2.29. The molecule has 4 nitrogen and oxygen atoms in total. The van der Waals surface area contributed by atoms with E-state index in [0.717, 1.165) is 12.8 Å². The summed E-state index contributed by atoms with van der Waals surface area (Å²) in [5.74, 6) is -0.285. The van der Waals surface area contributed by atoms with Gasteiger partial charge in [0.1, 0.15) is 0 Å². The fourth-order valence-electron chi connectivity index (χ4n) is 1.89. The lowest BCUT2D eigenvalue weighted by molar-refractivity contribution is 0.0563. The van der Waals surface area contributed by atoms with Gasteiger partial charge in [-0.2, -0.15) is 0 Å². The molecule has 0 aliphatic carbocycles. The Morgan fingerprint density at radius 1 is 1.05 bits per heavy atom. The van der Waals surface area contributed by atoms with Crippen LogP contribution in [-0.2, 0) is 4.74 Å². The lowest BCUT2D eigenvalue weighted by Crippen LogP contribution is -2.00. The molecule has 1 aromatic heterocycles. The molecule has 0 fully saturated rings. The summed E-state index contributed by atoms with van der Waals surface area (Å²) in [6.45, 7) is 2.18. The molecule has 1 heterocycles. The fraction of sp³-hybridized carbons (Fsp3) is 0.600. The fourth-order valence-corrected chi connectivity index (χ4v) is 1.89. The number of carbonyl (C=O) groups excluding carboxylic acids is 2. The van der Waals surface area contributed by atoms with E-state index in [1.54, 1.807) is 0 Å². The zero-order chi connectivity index (χ0) is 14.1. The van der Waals surface area contributed by atoms with E-state index in [4.69, 9.17) is 4.42 Å². The molecule has 0 spiro atoms. The molecule has 0 bridgehead atoms. The van der Waals surface area contributed by atoms with Gasteiger partial charge in [-0.3, -0.25) is 4.79 Å². The lowest BCUT2D eigenvalue weighted by Gasteiger charge is -1.99. The molecule has 1 aromatic rings. The van der Waals surface area contributed by atoms with E-state index in [1.165, 1.54) is 44.9 Å². The molecule has 1 rings (SSSR count). The van der Waals surface area contributed by atoms with Gasteiger partial charge >= 0.3 is 5.97 Å². The van der Waals surface area contributed by atoms with Gasteiger partial charge in [0.2, 0.25) is 5.76 Å². The Morgan fingerprint density at radius 3 is 2.37 bits per heavy atom. The Hall–Kier alpha value is -1.58. The molecule has 19 heavy (non-hydrogen) atoms. The monoisotopic (exact) mass is 266 g/mol. The minimum absolute atomic E-state index is 0.0503. The third-order valence-corrected chi connectivity index (χ3v) is 3.02. The number of ketones is 1. The quantitative estimate of drug-likeness (QED) is 0.385. The molecule has 0 saturated heterocycles. The SMILES string of the molecule is CCCCCCCCC(=O)c1ccc(C(=O)OC)o1. The van der Waals surface area contributed by atoms with Gasteiger partial charge in [0, 0.05) is 6.42 Å². The van der Waals surface area contributed by atoms with Crippen LogP contribution in [0.2, 0.25) is 0 Å². The maximum absolute atomic E-state index is 11.8. The number of ether oxygens (including phenoxy) is 1. The number of unbranched alkanes of at least 4 members (excludes halogenated alkanes) is 5. The third kappa shape index (κ3) is 5.28. The zero-order valence-electron chi connectivity index (χ0n) is 11.7. The van der Waals surface area contributed by atoms with Crippen LogP contribution in [0.5, 0.6) is 0 Å². The van der Waals surface area contributed by atoms with Crippen LogP contribution in [0.4, 0.5) is 0 Å². The van der Waals surface area contributed by atoms with Crippen LogP contribution in [0.3, 0.4) is 0 Å². The van der Waals surface area contributed by atoms with Gasteiger partial charge in [0.25, 0.3) is 0 Å². The van der Waals surface area contributed by atoms with Crippen molar-refractivity contribution in [1.29, 1.82) is 0 Å². The van der Waals surface area contributed by atoms with Crippen LogP contribution in [0.25, 0.3) is 0 Å². The molecule has 0 unspecified atom stereocenters. The molecule has 0 radical (unpaired) electrons. The maximum Gasteiger partial charge on any atom is 0.373 e. The smallest absolute Gasteiger partial charge is 0.373 e. The Kier molecular flexibility index (Phi) is 6.93. The predicted molar refractivity (Wildman–Crippen MR) is 72.4 cm³/mol. The number of rotatable bonds is 9. The molecule has 0 aliphatic heterocycles. The molecule has 0 atom stereocenters. The number of methoxy groups -OCH3 is 1. The average Bonchev–Trinajstić information content (AvgIpc) is 2.91. The summed E-state index contributed by atoms with van der Waals surface area (Å²) in [5, 5.41) is 0. The van der Waals surface area contributed by atoms with Crippen LogP contribution in [0.15, 0.2) is 16.5 Å². The highest BCUT2D eigenvalue weighted by molar-refractivity contribution is 5.95. The van der Waals surface area contributed by atoms with Crippen LogP contribution >= 0.6 is 0 Å². The minimum atomic E-state index is -0.557. The van der Waals surface area contributed by atoms with Crippen molar-refractivity contribution in [3.05, 3.63) is 23.7 Å². The summed E-state index contributed by atoms with van der Waals surface area (Å²) < 4.78 is 9.69. The van der Waals surface area contributed by atoms with E-state index in [1.807, 2.05) is 0 Å². The second-order valence-corrected chi connectivity index (χ2v) is 4.60. The summed E-state index contributed by atoms with van der Waals surface area (Å²) in [6, 6.07) is 3.01. The second kappa shape index (κ2) is 8.51. The number of hydrogen-bond donors (Lipinski definition) is 0. The number of furan rings is 1. The Labute approximate surface area is 114 Å². The van der Waals surface area contributed by atoms with Gasteiger partial charge in [-0.15, -0.1) is 0 Å². The second-order valence-electron chi connectivity index (χ2n) is 4.60. The molecular weight excluding hydrogens is 244 g/mol. The first-order valence-electron chi connectivity index (χ1n) is 6.90. The molecule has 0 aliphatic rings. The van der Waals surface area contributed by atoms with Crippen LogP contribution in [0, 0.1) is 0 Å². The van der Waals surface area contributed by atoms with Gasteiger partial charge in [0.15, 0.2) is 11.5 Å². The van der Waals surface area contributed by atoms with E-state index in [0.29, 0.717) is 6.42 Å². The normalized spacial score (nSPS) is 10.4. The van der Waals surface area contributed by atoms with E-state index < -0.39 is 5.97 Å². The third-order valence-electron chi connectivity index (χ3n) is 3.02. The van der Waals surface area contributed by atoms with E-state index in [9.17, 15) is 9.59 Å². The molecule has 106 valence electrons. The van der Waals surface area contributed by atoms with Crippen molar-refractivity contribution in [2.24, 2.45) is 0 Å². The first-order valence-corrected chi connectivity index (χ1v) is 6.90. The number of carbonyl (C=O) groups is 2. The van der Waals surface area contributed by atoms with Crippen LogP contribution in [-0.4, -0.2) is 18.9 Å². The first-order chi connectivity index (χ1) is 9.19. The lowest BCUT2D eigenvalue weighted by atomic mass is 10.1. The summed E-state index contributed by atoms with van der Waals surface area (Å²) in [6.07, 6.45) is 7.30. The summed E-state index contributed by atoms with van der Waals surface area (Å²) in [4.78, 5) is 23.0. The molecule has 0 N–H and O–H groups in total. The van der Waals surface area contributed by atoms with Gasteiger partial charge in [-0.25, -0.2) is 4.79 Å². The first kappa shape index (κ1) is 15.5. The summed E-state index contributed by atoms with van der Waals surface area (Å²) in [5.41, 5.74) is 0. The molecule has 0 aromatic carbocycles. The highest BCUT2D eigenvalue weighted by Crippen LogP contribution is 2.14. The van der Waals surface area contributed by atoms with Crippen molar-refractivity contribution in [1.82, 2.24) is 0 Å². The highest BCUT2D eigenvalue weighted by atomic mass is 16.5. The molecule has 0 saturated carbocycles. The Morgan fingerprint density at radius 2 is 1.68 bits per heavy atom. The zero-order valence-corrected chi connectivity index (χ0v) is 11.7. The Bertz CT molecular complexity index is 406. The molecular formula is C15H22O4. The van der Waals surface area contributed by atoms with Crippen LogP contribution < -0.4 is 0 Å². The largest absolute Gasteiger partial charge is 0.463 e. The van der Waals surface area contributed by atoms with Gasteiger partial charge in [0.05, 0.1) is 7.11 Å². The number of hydrogen-bond acceptors (Lipinski definition) is 4. The van der Waals surface area contributed by atoms with E-state index in [2.05, 4.69) is 11.7 Å². The van der Waals surface area contributed by atoms with E-state index in [-0.39, 0.29) is 17.3 Å². The average molecular weight is 266 g/mol. The highest BCUT2D eigenvalue weighted by Gasteiger charge is 2.15. The maximum atomic E-state index is 11.8. The number of esters is 1. The molecule has 4 heteroatoms.